The van der Waals surface area contributed by atoms with E-state index in [1.54, 1.807) is 10.9 Å². The SMILES string of the molecule is C=C(COC1CCCCO1)n1cnc2c(N)ncnc21. The molecule has 20 heavy (non-hydrogen) atoms. The molecule has 0 amide bonds. The minimum absolute atomic E-state index is 0.144. The maximum Gasteiger partial charge on any atom is 0.169 e. The molecule has 2 N–H and O–H groups in total. The van der Waals surface area contributed by atoms with Crippen LogP contribution >= 0.6 is 0 Å². The first-order valence-corrected chi connectivity index (χ1v) is 6.60. The van der Waals surface area contributed by atoms with Crippen LogP contribution in [-0.2, 0) is 9.47 Å². The Morgan fingerprint density at radius 2 is 2.35 bits per heavy atom. The van der Waals surface area contributed by atoms with Crippen LogP contribution in [0.3, 0.4) is 0 Å². The lowest BCUT2D eigenvalue weighted by atomic mass is 10.2. The van der Waals surface area contributed by atoms with E-state index in [-0.39, 0.29) is 6.29 Å². The van der Waals surface area contributed by atoms with E-state index < -0.39 is 0 Å². The molecule has 1 unspecified atom stereocenters. The third-order valence-electron chi connectivity index (χ3n) is 3.28. The normalized spacial score (nSPS) is 19.3. The summed E-state index contributed by atoms with van der Waals surface area (Å²) >= 11 is 0. The summed E-state index contributed by atoms with van der Waals surface area (Å²) in [4.78, 5) is 12.3. The van der Waals surface area contributed by atoms with Crippen molar-refractivity contribution in [1.82, 2.24) is 19.5 Å². The van der Waals surface area contributed by atoms with Crippen molar-refractivity contribution >= 4 is 22.7 Å². The van der Waals surface area contributed by atoms with Gasteiger partial charge in [-0.05, 0) is 19.3 Å². The Bertz CT molecular complexity index is 618. The summed E-state index contributed by atoms with van der Waals surface area (Å²) in [5, 5.41) is 0. The first kappa shape index (κ1) is 13.0. The van der Waals surface area contributed by atoms with Gasteiger partial charge in [0.15, 0.2) is 23.3 Å². The summed E-state index contributed by atoms with van der Waals surface area (Å²) in [6.07, 6.45) is 6.05. The summed E-state index contributed by atoms with van der Waals surface area (Å²) in [7, 11) is 0. The Labute approximate surface area is 116 Å². The van der Waals surface area contributed by atoms with Crippen molar-refractivity contribution in [2.45, 2.75) is 25.6 Å². The molecule has 1 atom stereocenters. The van der Waals surface area contributed by atoms with Gasteiger partial charge in [-0.2, -0.15) is 0 Å². The molecule has 106 valence electrons. The fourth-order valence-corrected chi connectivity index (χ4v) is 2.19. The molecule has 1 aliphatic heterocycles. The van der Waals surface area contributed by atoms with Crippen LogP contribution in [0.2, 0.25) is 0 Å². The van der Waals surface area contributed by atoms with E-state index in [1.165, 1.54) is 6.33 Å². The van der Waals surface area contributed by atoms with Gasteiger partial charge in [0.05, 0.1) is 6.61 Å². The number of nitrogens with two attached hydrogens (primary N) is 1. The molecule has 1 saturated heterocycles. The van der Waals surface area contributed by atoms with E-state index in [1.807, 2.05) is 0 Å². The third-order valence-corrected chi connectivity index (χ3v) is 3.28. The fourth-order valence-electron chi connectivity index (χ4n) is 2.19. The highest BCUT2D eigenvalue weighted by atomic mass is 16.7. The molecule has 0 bridgehead atoms. The summed E-state index contributed by atoms with van der Waals surface area (Å²) in [6.45, 7) is 5.12. The van der Waals surface area contributed by atoms with E-state index in [9.17, 15) is 0 Å². The molecule has 3 heterocycles. The van der Waals surface area contributed by atoms with Crippen LogP contribution in [0.25, 0.3) is 16.9 Å². The van der Waals surface area contributed by atoms with Crippen molar-refractivity contribution in [1.29, 1.82) is 0 Å². The number of hydrogen-bond acceptors (Lipinski definition) is 6. The zero-order valence-corrected chi connectivity index (χ0v) is 11.2. The van der Waals surface area contributed by atoms with Crippen molar-refractivity contribution in [3.8, 4) is 0 Å². The van der Waals surface area contributed by atoms with Crippen molar-refractivity contribution < 1.29 is 9.47 Å². The van der Waals surface area contributed by atoms with E-state index in [2.05, 4.69) is 21.5 Å². The molecule has 2 aromatic rings. The minimum atomic E-state index is -0.144. The maximum absolute atomic E-state index is 5.75. The van der Waals surface area contributed by atoms with E-state index in [4.69, 9.17) is 15.2 Å². The second-order valence-corrected chi connectivity index (χ2v) is 4.72. The molecule has 3 rings (SSSR count). The number of hydrogen-bond donors (Lipinski definition) is 1. The molecule has 0 radical (unpaired) electrons. The van der Waals surface area contributed by atoms with Crippen LogP contribution in [0.15, 0.2) is 19.2 Å². The zero-order chi connectivity index (χ0) is 13.9. The Morgan fingerprint density at radius 3 is 3.15 bits per heavy atom. The lowest BCUT2D eigenvalue weighted by Crippen LogP contribution is -2.23. The monoisotopic (exact) mass is 275 g/mol. The van der Waals surface area contributed by atoms with Gasteiger partial charge in [-0.3, -0.25) is 4.57 Å². The molecule has 1 fully saturated rings. The highest BCUT2D eigenvalue weighted by molar-refractivity contribution is 5.83. The van der Waals surface area contributed by atoms with Gasteiger partial charge in [0.2, 0.25) is 0 Å². The Balaban J connectivity index is 1.71. The topological polar surface area (TPSA) is 88.1 Å². The Kier molecular flexibility index (Phi) is 3.62. The van der Waals surface area contributed by atoms with Crippen LogP contribution in [0.5, 0.6) is 0 Å². The van der Waals surface area contributed by atoms with Crippen molar-refractivity contribution in [3.05, 3.63) is 19.2 Å². The van der Waals surface area contributed by atoms with Crippen molar-refractivity contribution in [3.63, 3.8) is 0 Å². The van der Waals surface area contributed by atoms with Gasteiger partial charge >= 0.3 is 0 Å². The van der Waals surface area contributed by atoms with E-state index in [0.717, 1.165) is 31.6 Å². The largest absolute Gasteiger partial charge is 0.382 e. The van der Waals surface area contributed by atoms with Crippen LogP contribution in [0.1, 0.15) is 19.3 Å². The second-order valence-electron chi connectivity index (χ2n) is 4.72. The summed E-state index contributed by atoms with van der Waals surface area (Å²) < 4.78 is 13.0. The van der Waals surface area contributed by atoms with Crippen LogP contribution in [0.4, 0.5) is 5.82 Å². The van der Waals surface area contributed by atoms with Crippen molar-refractivity contribution in [2.75, 3.05) is 18.9 Å². The van der Waals surface area contributed by atoms with Gasteiger partial charge in [-0.15, -0.1) is 0 Å². The maximum atomic E-state index is 5.75. The lowest BCUT2D eigenvalue weighted by molar-refractivity contribution is -0.154. The number of fused-ring (bicyclic) bond motifs is 1. The van der Waals surface area contributed by atoms with Crippen LogP contribution in [-0.4, -0.2) is 39.0 Å². The molecule has 2 aromatic heterocycles. The van der Waals surface area contributed by atoms with Gasteiger partial charge in [0.25, 0.3) is 0 Å². The average Bonchev–Trinajstić information content (AvgIpc) is 2.91. The van der Waals surface area contributed by atoms with Gasteiger partial charge in [-0.25, -0.2) is 15.0 Å². The molecule has 7 heteroatoms. The molecular weight excluding hydrogens is 258 g/mol. The molecule has 0 aliphatic carbocycles. The predicted molar refractivity (Wildman–Crippen MR) is 74.6 cm³/mol. The summed E-state index contributed by atoms with van der Waals surface area (Å²) in [6, 6.07) is 0. The number of rotatable bonds is 4. The summed E-state index contributed by atoms with van der Waals surface area (Å²) in [5.41, 5.74) is 7.70. The smallest absolute Gasteiger partial charge is 0.169 e. The van der Waals surface area contributed by atoms with E-state index in [0.29, 0.717) is 23.6 Å². The molecular formula is C13H17N5O2. The van der Waals surface area contributed by atoms with Crippen molar-refractivity contribution in [2.24, 2.45) is 0 Å². The predicted octanol–water partition coefficient (Wildman–Crippen LogP) is 1.42. The fraction of sp³-hybridized carbons (Fsp3) is 0.462. The number of imidazole rings is 1. The number of ether oxygens (including phenoxy) is 2. The summed E-state index contributed by atoms with van der Waals surface area (Å²) in [5.74, 6) is 0.359. The first-order valence-electron chi connectivity index (χ1n) is 6.60. The molecule has 0 saturated carbocycles. The standard InChI is InChI=1S/C13H17N5O2/c1-9(6-20-10-4-2-3-5-19-10)18-8-17-11-12(14)15-7-16-13(11)18/h7-8,10H,1-6H2,(H2,14,15,16). The first-order chi connectivity index (χ1) is 9.75. The number of anilines is 1. The molecule has 1 aliphatic rings. The Morgan fingerprint density at radius 1 is 1.45 bits per heavy atom. The number of aromatic nitrogens is 4. The average molecular weight is 275 g/mol. The molecule has 7 nitrogen and oxygen atoms in total. The third kappa shape index (κ3) is 2.50. The zero-order valence-electron chi connectivity index (χ0n) is 11.2. The highest BCUT2D eigenvalue weighted by Crippen LogP contribution is 2.19. The van der Waals surface area contributed by atoms with Gasteiger partial charge in [0, 0.05) is 12.3 Å². The minimum Gasteiger partial charge on any atom is -0.382 e. The highest BCUT2D eigenvalue weighted by Gasteiger charge is 2.15. The molecule has 0 aromatic carbocycles. The number of nitrogen functional groups attached to an aromatic ring is 1. The van der Waals surface area contributed by atoms with Gasteiger partial charge in [-0.1, -0.05) is 6.58 Å². The van der Waals surface area contributed by atoms with Gasteiger partial charge in [0.1, 0.15) is 12.7 Å². The second kappa shape index (κ2) is 5.56. The van der Waals surface area contributed by atoms with E-state index >= 15 is 0 Å². The quantitative estimate of drug-likeness (QED) is 0.908. The van der Waals surface area contributed by atoms with Crippen LogP contribution < -0.4 is 5.73 Å². The lowest BCUT2D eigenvalue weighted by Gasteiger charge is -2.23. The van der Waals surface area contributed by atoms with Gasteiger partial charge < -0.3 is 15.2 Å². The molecule has 0 spiro atoms. The number of nitrogens with zero attached hydrogens (tertiary/aromatic N) is 4. The van der Waals surface area contributed by atoms with Crippen LogP contribution in [0, 0.1) is 0 Å². The Hall–Kier alpha value is -1.99.